The molecule has 0 radical (unpaired) electrons. The van der Waals surface area contributed by atoms with Crippen LogP contribution in [0.15, 0.2) is 41.7 Å². The second kappa shape index (κ2) is 6.37. The number of carbonyl (C=O) groups is 1. The van der Waals surface area contributed by atoms with E-state index in [0.717, 1.165) is 5.69 Å². The zero-order valence-electron chi connectivity index (χ0n) is 12.6. The molecule has 0 aliphatic carbocycles. The second-order valence-electron chi connectivity index (χ2n) is 5.37. The van der Waals surface area contributed by atoms with E-state index in [4.69, 9.17) is 0 Å². The van der Waals surface area contributed by atoms with Gasteiger partial charge < -0.3 is 5.32 Å². The van der Waals surface area contributed by atoms with Crippen LogP contribution in [0.25, 0.3) is 5.69 Å². The highest BCUT2D eigenvalue weighted by Crippen LogP contribution is 2.22. The SMILES string of the molecule is CSc1ncc(C(=O)N[C@@H]2CCS(=O)(=O)C2)n1-c1ccccc1. The van der Waals surface area contributed by atoms with Gasteiger partial charge >= 0.3 is 0 Å². The molecule has 1 aromatic carbocycles. The number of benzene rings is 1. The van der Waals surface area contributed by atoms with Gasteiger partial charge in [-0.25, -0.2) is 13.4 Å². The summed E-state index contributed by atoms with van der Waals surface area (Å²) in [6, 6.07) is 9.16. The number of carbonyl (C=O) groups excluding carboxylic acids is 1. The second-order valence-corrected chi connectivity index (χ2v) is 8.38. The first-order chi connectivity index (χ1) is 11.0. The van der Waals surface area contributed by atoms with E-state index in [0.29, 0.717) is 17.3 Å². The van der Waals surface area contributed by atoms with Gasteiger partial charge in [0.2, 0.25) is 0 Å². The summed E-state index contributed by atoms with van der Waals surface area (Å²) in [5.74, 6) is -0.164. The summed E-state index contributed by atoms with van der Waals surface area (Å²) in [6.07, 6.45) is 3.88. The summed E-state index contributed by atoms with van der Waals surface area (Å²) in [5.41, 5.74) is 1.25. The van der Waals surface area contributed by atoms with Gasteiger partial charge in [0.1, 0.15) is 5.69 Å². The van der Waals surface area contributed by atoms with Crippen molar-refractivity contribution < 1.29 is 13.2 Å². The van der Waals surface area contributed by atoms with E-state index in [1.165, 1.54) is 18.0 Å². The molecule has 2 aromatic rings. The average Bonchev–Trinajstić information content (AvgIpc) is 3.11. The molecule has 1 fully saturated rings. The molecule has 122 valence electrons. The van der Waals surface area contributed by atoms with Crippen molar-refractivity contribution in [3.05, 3.63) is 42.2 Å². The van der Waals surface area contributed by atoms with Crippen molar-refractivity contribution in [2.75, 3.05) is 17.8 Å². The smallest absolute Gasteiger partial charge is 0.270 e. The molecule has 8 heteroatoms. The Morgan fingerprint density at radius 1 is 1.35 bits per heavy atom. The topological polar surface area (TPSA) is 81.1 Å². The minimum absolute atomic E-state index is 0.00754. The lowest BCUT2D eigenvalue weighted by atomic mass is 10.2. The molecule has 1 aliphatic heterocycles. The Morgan fingerprint density at radius 2 is 2.09 bits per heavy atom. The van der Waals surface area contributed by atoms with Crippen molar-refractivity contribution in [2.45, 2.75) is 17.6 Å². The van der Waals surface area contributed by atoms with Gasteiger partial charge in [-0.2, -0.15) is 0 Å². The van der Waals surface area contributed by atoms with E-state index in [2.05, 4.69) is 10.3 Å². The lowest BCUT2D eigenvalue weighted by Gasteiger charge is -2.13. The minimum Gasteiger partial charge on any atom is -0.347 e. The summed E-state index contributed by atoms with van der Waals surface area (Å²) >= 11 is 1.45. The summed E-state index contributed by atoms with van der Waals surface area (Å²) < 4.78 is 24.8. The number of nitrogens with zero attached hydrogens (tertiary/aromatic N) is 2. The van der Waals surface area contributed by atoms with Crippen LogP contribution in [0, 0.1) is 0 Å². The van der Waals surface area contributed by atoms with E-state index in [1.807, 2.05) is 36.6 Å². The van der Waals surface area contributed by atoms with E-state index in [-0.39, 0.29) is 23.5 Å². The number of aromatic nitrogens is 2. The van der Waals surface area contributed by atoms with Crippen LogP contribution in [0.4, 0.5) is 0 Å². The van der Waals surface area contributed by atoms with Crippen LogP contribution in [-0.2, 0) is 9.84 Å². The van der Waals surface area contributed by atoms with Gasteiger partial charge in [-0.15, -0.1) is 0 Å². The highest BCUT2D eigenvalue weighted by molar-refractivity contribution is 7.98. The molecule has 2 heterocycles. The number of thioether (sulfide) groups is 1. The van der Waals surface area contributed by atoms with E-state index in [9.17, 15) is 13.2 Å². The van der Waals surface area contributed by atoms with Gasteiger partial charge in [-0.05, 0) is 24.8 Å². The third-order valence-corrected chi connectivity index (χ3v) is 6.15. The zero-order chi connectivity index (χ0) is 16.4. The highest BCUT2D eigenvalue weighted by Gasteiger charge is 2.30. The van der Waals surface area contributed by atoms with Crippen molar-refractivity contribution >= 4 is 27.5 Å². The van der Waals surface area contributed by atoms with Gasteiger partial charge in [0.05, 0.1) is 17.7 Å². The van der Waals surface area contributed by atoms with Gasteiger partial charge in [0.15, 0.2) is 15.0 Å². The van der Waals surface area contributed by atoms with Gasteiger partial charge in [0, 0.05) is 11.7 Å². The van der Waals surface area contributed by atoms with Crippen molar-refractivity contribution in [1.29, 1.82) is 0 Å². The van der Waals surface area contributed by atoms with Crippen LogP contribution in [-0.4, -0.2) is 47.7 Å². The Kier molecular flexibility index (Phi) is 4.45. The molecule has 1 amide bonds. The Labute approximate surface area is 139 Å². The lowest BCUT2D eigenvalue weighted by molar-refractivity contribution is 0.0933. The normalized spacial score (nSPS) is 19.6. The fourth-order valence-corrected chi connectivity index (χ4v) is 4.85. The maximum absolute atomic E-state index is 12.6. The van der Waals surface area contributed by atoms with E-state index in [1.54, 1.807) is 4.57 Å². The number of hydrogen-bond acceptors (Lipinski definition) is 5. The number of hydrogen-bond donors (Lipinski definition) is 1. The molecule has 23 heavy (non-hydrogen) atoms. The molecule has 1 aliphatic rings. The average molecular weight is 351 g/mol. The van der Waals surface area contributed by atoms with E-state index >= 15 is 0 Å². The van der Waals surface area contributed by atoms with Crippen LogP contribution in [0.3, 0.4) is 0 Å². The van der Waals surface area contributed by atoms with Crippen molar-refractivity contribution in [1.82, 2.24) is 14.9 Å². The maximum Gasteiger partial charge on any atom is 0.270 e. The molecular formula is C15H17N3O3S2. The van der Waals surface area contributed by atoms with E-state index < -0.39 is 9.84 Å². The number of nitrogens with one attached hydrogen (secondary N) is 1. The molecule has 1 N–H and O–H groups in total. The minimum atomic E-state index is -3.03. The molecule has 6 nitrogen and oxygen atoms in total. The van der Waals surface area contributed by atoms with Crippen LogP contribution < -0.4 is 5.32 Å². The molecule has 1 atom stereocenters. The van der Waals surface area contributed by atoms with Crippen molar-refractivity contribution in [2.24, 2.45) is 0 Å². The molecule has 0 bridgehead atoms. The molecule has 0 spiro atoms. The predicted molar refractivity (Wildman–Crippen MR) is 89.9 cm³/mol. The van der Waals surface area contributed by atoms with Crippen LogP contribution in [0.5, 0.6) is 0 Å². The third-order valence-electron chi connectivity index (χ3n) is 3.73. The Bertz CT molecular complexity index is 816. The summed E-state index contributed by atoms with van der Waals surface area (Å²) in [5, 5.41) is 3.52. The summed E-state index contributed by atoms with van der Waals surface area (Å²) in [7, 11) is -3.03. The first-order valence-electron chi connectivity index (χ1n) is 7.18. The lowest BCUT2D eigenvalue weighted by Crippen LogP contribution is -2.36. The quantitative estimate of drug-likeness (QED) is 0.845. The zero-order valence-corrected chi connectivity index (χ0v) is 14.2. The Balaban J connectivity index is 1.88. The van der Waals surface area contributed by atoms with Crippen LogP contribution in [0.1, 0.15) is 16.9 Å². The molecule has 0 unspecified atom stereocenters. The molecule has 0 saturated carbocycles. The van der Waals surface area contributed by atoms with Crippen molar-refractivity contribution in [3.63, 3.8) is 0 Å². The largest absolute Gasteiger partial charge is 0.347 e. The number of amides is 1. The fraction of sp³-hybridized carbons (Fsp3) is 0.333. The fourth-order valence-electron chi connectivity index (χ4n) is 2.63. The van der Waals surface area contributed by atoms with Crippen molar-refractivity contribution in [3.8, 4) is 5.69 Å². The molecule has 3 rings (SSSR count). The van der Waals surface area contributed by atoms with Crippen LogP contribution in [0.2, 0.25) is 0 Å². The number of rotatable bonds is 4. The predicted octanol–water partition coefficient (Wildman–Crippen LogP) is 1.51. The molecular weight excluding hydrogens is 334 g/mol. The van der Waals surface area contributed by atoms with Gasteiger partial charge in [0.25, 0.3) is 5.91 Å². The third kappa shape index (κ3) is 3.42. The molecule has 1 saturated heterocycles. The summed E-state index contributed by atoms with van der Waals surface area (Å²) in [6.45, 7) is 0. The number of sulfone groups is 1. The Morgan fingerprint density at radius 3 is 2.70 bits per heavy atom. The molecule has 1 aromatic heterocycles. The first kappa shape index (κ1) is 16.1. The number of imidazole rings is 1. The van der Waals surface area contributed by atoms with Gasteiger partial charge in [-0.1, -0.05) is 30.0 Å². The maximum atomic E-state index is 12.6. The number of para-hydroxylation sites is 1. The van der Waals surface area contributed by atoms with Crippen LogP contribution >= 0.6 is 11.8 Å². The summed E-state index contributed by atoms with van der Waals surface area (Å²) in [4.78, 5) is 16.8. The Hall–Kier alpha value is -1.80. The standard InChI is InChI=1S/C15H17N3O3S2/c1-22-15-16-9-13(18(15)12-5-3-2-4-6-12)14(19)17-11-7-8-23(20,21)10-11/h2-6,9,11H,7-8,10H2,1H3,(H,17,19)/t11-/m1/s1. The highest BCUT2D eigenvalue weighted by atomic mass is 32.2. The van der Waals surface area contributed by atoms with Gasteiger partial charge in [-0.3, -0.25) is 9.36 Å². The monoisotopic (exact) mass is 351 g/mol. The first-order valence-corrected chi connectivity index (χ1v) is 10.2.